The van der Waals surface area contributed by atoms with Gasteiger partial charge in [0.1, 0.15) is 24.7 Å². The van der Waals surface area contributed by atoms with Crippen molar-refractivity contribution in [2.45, 2.75) is 6.54 Å². The standard InChI is InChI=1S/C25H20BrNO4S/c26-22-9-5-4-6-19(22)17-27-24(28)23(32-25(27)29)16-18-10-12-21(13-11-18)31-15-14-30-20-7-2-1-3-8-20/h1-13,16H,14-15,17H2/b23-16+. The van der Waals surface area contributed by atoms with Crippen LogP contribution in [0.25, 0.3) is 6.08 Å². The van der Waals surface area contributed by atoms with Gasteiger partial charge in [0.15, 0.2) is 0 Å². The summed E-state index contributed by atoms with van der Waals surface area (Å²) in [6.45, 7) is 1.10. The number of carbonyl (C=O) groups is 2. The van der Waals surface area contributed by atoms with Crippen LogP contribution >= 0.6 is 27.7 Å². The number of thioether (sulfide) groups is 1. The smallest absolute Gasteiger partial charge is 0.293 e. The average Bonchev–Trinajstić information content (AvgIpc) is 3.07. The van der Waals surface area contributed by atoms with Crippen LogP contribution in [0.3, 0.4) is 0 Å². The lowest BCUT2D eigenvalue weighted by molar-refractivity contribution is -0.123. The first-order valence-corrected chi connectivity index (χ1v) is 11.6. The van der Waals surface area contributed by atoms with Crippen molar-refractivity contribution in [1.82, 2.24) is 4.90 Å². The van der Waals surface area contributed by atoms with E-state index in [1.54, 1.807) is 6.08 Å². The van der Waals surface area contributed by atoms with Crippen LogP contribution in [0.5, 0.6) is 11.5 Å². The second-order valence-electron chi connectivity index (χ2n) is 6.94. The van der Waals surface area contributed by atoms with Gasteiger partial charge < -0.3 is 9.47 Å². The number of imide groups is 1. The highest BCUT2D eigenvalue weighted by Gasteiger charge is 2.35. The zero-order valence-electron chi connectivity index (χ0n) is 17.1. The van der Waals surface area contributed by atoms with Crippen LogP contribution in [0.1, 0.15) is 11.1 Å². The van der Waals surface area contributed by atoms with E-state index in [1.165, 1.54) is 4.90 Å². The predicted octanol–water partition coefficient (Wildman–Crippen LogP) is 6.14. The Morgan fingerprint density at radius 1 is 0.812 bits per heavy atom. The minimum Gasteiger partial charge on any atom is -0.490 e. The van der Waals surface area contributed by atoms with Gasteiger partial charge in [0.05, 0.1) is 11.4 Å². The maximum Gasteiger partial charge on any atom is 0.293 e. The fraction of sp³-hybridized carbons (Fsp3) is 0.120. The molecule has 0 saturated carbocycles. The molecule has 5 nitrogen and oxygen atoms in total. The van der Waals surface area contributed by atoms with Crippen LogP contribution in [-0.2, 0) is 11.3 Å². The molecule has 0 aromatic heterocycles. The molecular formula is C25H20BrNO4S. The summed E-state index contributed by atoms with van der Waals surface area (Å²) in [5.41, 5.74) is 1.71. The first-order chi connectivity index (χ1) is 15.6. The van der Waals surface area contributed by atoms with Gasteiger partial charge in [-0.2, -0.15) is 0 Å². The summed E-state index contributed by atoms with van der Waals surface area (Å²) in [5, 5.41) is -0.268. The molecule has 0 atom stereocenters. The molecule has 32 heavy (non-hydrogen) atoms. The van der Waals surface area contributed by atoms with Crippen molar-refractivity contribution < 1.29 is 19.1 Å². The van der Waals surface area contributed by atoms with Crippen molar-refractivity contribution in [3.8, 4) is 11.5 Å². The van der Waals surface area contributed by atoms with Crippen LogP contribution in [0.2, 0.25) is 0 Å². The number of halogens is 1. The van der Waals surface area contributed by atoms with E-state index in [4.69, 9.17) is 9.47 Å². The van der Waals surface area contributed by atoms with Crippen LogP contribution in [0, 0.1) is 0 Å². The highest BCUT2D eigenvalue weighted by molar-refractivity contribution is 9.10. The van der Waals surface area contributed by atoms with E-state index < -0.39 is 0 Å². The van der Waals surface area contributed by atoms with Gasteiger partial charge >= 0.3 is 0 Å². The molecule has 0 spiro atoms. The van der Waals surface area contributed by atoms with E-state index in [0.29, 0.717) is 23.9 Å². The Labute approximate surface area is 199 Å². The molecular weight excluding hydrogens is 490 g/mol. The van der Waals surface area contributed by atoms with Gasteiger partial charge in [0, 0.05) is 4.47 Å². The number of hydrogen-bond donors (Lipinski definition) is 0. The maximum atomic E-state index is 12.8. The predicted molar refractivity (Wildman–Crippen MR) is 130 cm³/mol. The molecule has 0 bridgehead atoms. The van der Waals surface area contributed by atoms with Crippen molar-refractivity contribution in [3.63, 3.8) is 0 Å². The summed E-state index contributed by atoms with van der Waals surface area (Å²) < 4.78 is 12.2. The van der Waals surface area contributed by atoms with Gasteiger partial charge in [0.2, 0.25) is 0 Å². The fourth-order valence-corrected chi connectivity index (χ4v) is 4.33. The number of nitrogens with zero attached hydrogens (tertiary/aromatic N) is 1. The minimum absolute atomic E-state index is 0.237. The van der Waals surface area contributed by atoms with Crippen molar-refractivity contribution in [3.05, 3.63) is 99.4 Å². The molecule has 2 amide bonds. The van der Waals surface area contributed by atoms with Gasteiger partial charge in [-0.05, 0) is 59.3 Å². The Kier molecular flexibility index (Phi) is 7.29. The maximum absolute atomic E-state index is 12.8. The number of amides is 2. The quantitative estimate of drug-likeness (QED) is 0.269. The summed E-state index contributed by atoms with van der Waals surface area (Å²) in [6.07, 6.45) is 1.73. The van der Waals surface area contributed by atoms with Crippen LogP contribution in [-0.4, -0.2) is 29.3 Å². The fourth-order valence-electron chi connectivity index (χ4n) is 3.08. The molecule has 162 valence electrons. The van der Waals surface area contributed by atoms with Crippen molar-refractivity contribution in [2.75, 3.05) is 13.2 Å². The molecule has 0 unspecified atom stereocenters. The van der Waals surface area contributed by atoms with Gasteiger partial charge in [0.25, 0.3) is 11.1 Å². The Morgan fingerprint density at radius 2 is 1.44 bits per heavy atom. The molecule has 4 rings (SSSR count). The molecule has 7 heteroatoms. The van der Waals surface area contributed by atoms with E-state index in [0.717, 1.165) is 33.1 Å². The normalized spacial score (nSPS) is 14.8. The van der Waals surface area contributed by atoms with Crippen LogP contribution in [0.15, 0.2) is 88.2 Å². The van der Waals surface area contributed by atoms with Crippen molar-refractivity contribution in [2.24, 2.45) is 0 Å². The highest BCUT2D eigenvalue weighted by Crippen LogP contribution is 2.34. The molecule has 1 aliphatic rings. The lowest BCUT2D eigenvalue weighted by Gasteiger charge is -2.13. The first-order valence-electron chi connectivity index (χ1n) is 9.99. The van der Waals surface area contributed by atoms with E-state index in [1.807, 2.05) is 78.9 Å². The largest absolute Gasteiger partial charge is 0.490 e. The Morgan fingerprint density at radius 3 is 2.12 bits per heavy atom. The minimum atomic E-state index is -0.283. The van der Waals surface area contributed by atoms with Gasteiger partial charge in [-0.15, -0.1) is 0 Å². The summed E-state index contributed by atoms with van der Waals surface area (Å²) >= 11 is 4.42. The molecule has 1 heterocycles. The zero-order chi connectivity index (χ0) is 22.3. The van der Waals surface area contributed by atoms with Crippen LogP contribution < -0.4 is 9.47 Å². The van der Waals surface area contributed by atoms with E-state index in [9.17, 15) is 9.59 Å². The van der Waals surface area contributed by atoms with Crippen molar-refractivity contribution >= 4 is 44.9 Å². The highest BCUT2D eigenvalue weighted by atomic mass is 79.9. The SMILES string of the molecule is O=C1S/C(=C/c2ccc(OCCOc3ccccc3)cc2)C(=O)N1Cc1ccccc1Br. The number of para-hydroxylation sites is 1. The molecule has 1 saturated heterocycles. The van der Waals surface area contributed by atoms with Crippen molar-refractivity contribution in [1.29, 1.82) is 0 Å². The third-order valence-corrected chi connectivity index (χ3v) is 6.38. The van der Waals surface area contributed by atoms with E-state index in [2.05, 4.69) is 15.9 Å². The number of ether oxygens (including phenoxy) is 2. The second kappa shape index (κ2) is 10.5. The Bertz CT molecular complexity index is 1130. The number of carbonyl (C=O) groups excluding carboxylic acids is 2. The summed E-state index contributed by atoms with van der Waals surface area (Å²) in [7, 11) is 0. The molecule has 0 N–H and O–H groups in total. The van der Waals surface area contributed by atoms with E-state index >= 15 is 0 Å². The van der Waals surface area contributed by atoms with E-state index in [-0.39, 0.29) is 17.7 Å². The summed E-state index contributed by atoms with van der Waals surface area (Å²) in [5.74, 6) is 1.23. The topological polar surface area (TPSA) is 55.8 Å². The number of rotatable bonds is 8. The third-order valence-electron chi connectivity index (χ3n) is 4.70. The monoisotopic (exact) mass is 509 g/mol. The van der Waals surface area contributed by atoms with Gasteiger partial charge in [-0.3, -0.25) is 14.5 Å². The molecule has 1 aliphatic heterocycles. The zero-order valence-corrected chi connectivity index (χ0v) is 19.5. The lowest BCUT2D eigenvalue weighted by atomic mass is 10.2. The van der Waals surface area contributed by atoms with Gasteiger partial charge in [-0.1, -0.05) is 64.5 Å². The second-order valence-corrected chi connectivity index (χ2v) is 8.79. The Balaban J connectivity index is 1.33. The Hall–Kier alpha value is -3.03. The number of hydrogen-bond acceptors (Lipinski definition) is 5. The molecule has 1 fully saturated rings. The molecule has 0 aliphatic carbocycles. The number of benzene rings is 3. The van der Waals surface area contributed by atoms with Crippen LogP contribution in [0.4, 0.5) is 4.79 Å². The lowest BCUT2D eigenvalue weighted by Crippen LogP contribution is -2.27. The molecule has 3 aromatic carbocycles. The molecule has 0 radical (unpaired) electrons. The van der Waals surface area contributed by atoms with Gasteiger partial charge in [-0.25, -0.2) is 0 Å². The summed E-state index contributed by atoms with van der Waals surface area (Å²) in [6, 6.07) is 24.5. The third kappa shape index (κ3) is 5.60. The first kappa shape index (κ1) is 22.2. The molecule has 3 aromatic rings. The average molecular weight is 510 g/mol. The summed E-state index contributed by atoms with van der Waals surface area (Å²) in [4.78, 5) is 26.8.